The molecule has 0 atom stereocenters. The highest BCUT2D eigenvalue weighted by atomic mass is 16.5. The van der Waals surface area contributed by atoms with Crippen LogP contribution in [0.15, 0.2) is 51.9 Å². The number of rotatable bonds is 3. The van der Waals surface area contributed by atoms with Crippen LogP contribution in [0.25, 0.3) is 33.3 Å². The number of hydrogen-bond donors (Lipinski definition) is 1. The van der Waals surface area contributed by atoms with Crippen molar-refractivity contribution in [2.24, 2.45) is 7.05 Å². The van der Waals surface area contributed by atoms with E-state index in [-0.39, 0.29) is 11.3 Å². The lowest BCUT2D eigenvalue weighted by molar-refractivity contribution is 0.0596. The number of nitrogens with one attached hydrogen (secondary N) is 1. The highest BCUT2D eigenvalue weighted by Gasteiger charge is 2.16. The minimum atomic E-state index is -0.490. The van der Waals surface area contributed by atoms with Gasteiger partial charge in [0.25, 0.3) is 5.56 Å². The number of aromatic nitrogens is 3. The summed E-state index contributed by atoms with van der Waals surface area (Å²) in [6.07, 6.45) is 1.58. The zero-order valence-corrected chi connectivity index (χ0v) is 15.1. The van der Waals surface area contributed by atoms with E-state index >= 15 is 0 Å². The molecular formula is C20H17N3O4. The van der Waals surface area contributed by atoms with Crippen LogP contribution in [-0.4, -0.2) is 27.8 Å². The molecule has 1 aromatic carbocycles. The standard InChI is InChI=1S/C20H17N3O4/c1-11-16(19(24)23(2)27-11)13-6-4-12(5-7-13)15-10-14-8-9-21-18(17(14)22-15)20(25)26-3/h4-10,22H,1-3H3. The summed E-state index contributed by atoms with van der Waals surface area (Å²) in [6, 6.07) is 11.3. The van der Waals surface area contributed by atoms with E-state index in [2.05, 4.69) is 9.97 Å². The third-order valence-corrected chi connectivity index (χ3v) is 4.53. The molecule has 0 aliphatic heterocycles. The fourth-order valence-corrected chi connectivity index (χ4v) is 3.21. The lowest BCUT2D eigenvalue weighted by atomic mass is 10.0. The van der Waals surface area contributed by atoms with Gasteiger partial charge in [0.1, 0.15) is 5.76 Å². The van der Waals surface area contributed by atoms with Crippen molar-refractivity contribution < 1.29 is 14.1 Å². The third kappa shape index (κ3) is 2.73. The van der Waals surface area contributed by atoms with Gasteiger partial charge in [0.15, 0.2) is 5.69 Å². The summed E-state index contributed by atoms with van der Waals surface area (Å²) >= 11 is 0. The molecule has 0 saturated carbocycles. The molecule has 0 bridgehead atoms. The number of ether oxygens (including phenoxy) is 1. The number of carbonyl (C=O) groups is 1. The average Bonchev–Trinajstić information content (AvgIpc) is 3.22. The molecule has 7 nitrogen and oxygen atoms in total. The number of fused-ring (bicyclic) bond motifs is 1. The monoisotopic (exact) mass is 363 g/mol. The van der Waals surface area contributed by atoms with Crippen LogP contribution in [0, 0.1) is 6.92 Å². The van der Waals surface area contributed by atoms with Gasteiger partial charge < -0.3 is 14.2 Å². The minimum absolute atomic E-state index is 0.167. The molecule has 27 heavy (non-hydrogen) atoms. The Kier molecular flexibility index (Phi) is 3.92. The van der Waals surface area contributed by atoms with Gasteiger partial charge in [0.05, 0.1) is 18.2 Å². The predicted molar refractivity (Wildman–Crippen MR) is 101 cm³/mol. The number of nitrogens with zero attached hydrogens (tertiary/aromatic N) is 2. The molecule has 0 radical (unpaired) electrons. The summed E-state index contributed by atoms with van der Waals surface area (Å²) < 4.78 is 11.4. The van der Waals surface area contributed by atoms with E-state index in [0.717, 1.165) is 22.2 Å². The molecule has 0 saturated heterocycles. The van der Waals surface area contributed by atoms with Crippen LogP contribution in [0.5, 0.6) is 0 Å². The van der Waals surface area contributed by atoms with Crippen molar-refractivity contribution in [3.63, 3.8) is 0 Å². The van der Waals surface area contributed by atoms with E-state index in [0.29, 0.717) is 16.8 Å². The first-order valence-electron chi connectivity index (χ1n) is 8.33. The van der Waals surface area contributed by atoms with Crippen molar-refractivity contribution in [1.82, 2.24) is 14.7 Å². The Morgan fingerprint density at radius 1 is 1.19 bits per heavy atom. The molecule has 136 valence electrons. The van der Waals surface area contributed by atoms with Gasteiger partial charge in [-0.3, -0.25) is 4.79 Å². The molecule has 0 unspecified atom stereocenters. The fourth-order valence-electron chi connectivity index (χ4n) is 3.21. The molecule has 0 spiro atoms. The minimum Gasteiger partial charge on any atom is -0.464 e. The predicted octanol–water partition coefficient (Wildman–Crippen LogP) is 3.28. The smallest absolute Gasteiger partial charge is 0.358 e. The van der Waals surface area contributed by atoms with Crippen molar-refractivity contribution in [1.29, 1.82) is 0 Å². The van der Waals surface area contributed by atoms with Gasteiger partial charge in [-0.05, 0) is 30.2 Å². The van der Waals surface area contributed by atoms with Gasteiger partial charge >= 0.3 is 5.97 Å². The summed E-state index contributed by atoms with van der Waals surface area (Å²) in [5.74, 6) is 0.0882. The largest absolute Gasteiger partial charge is 0.464 e. The first-order chi connectivity index (χ1) is 13.0. The number of pyridine rings is 1. The molecule has 4 rings (SSSR count). The fraction of sp³-hybridized carbons (Fsp3) is 0.150. The van der Waals surface area contributed by atoms with Crippen molar-refractivity contribution in [3.05, 3.63) is 64.4 Å². The van der Waals surface area contributed by atoms with E-state index in [4.69, 9.17) is 9.26 Å². The first-order valence-corrected chi connectivity index (χ1v) is 8.33. The van der Waals surface area contributed by atoms with Crippen molar-refractivity contribution in [3.8, 4) is 22.4 Å². The number of methoxy groups -OCH3 is 1. The Bertz CT molecular complexity index is 1210. The molecule has 0 aliphatic rings. The highest BCUT2D eigenvalue weighted by molar-refractivity contribution is 6.02. The Morgan fingerprint density at radius 2 is 1.89 bits per heavy atom. The molecule has 0 amide bonds. The van der Waals surface area contributed by atoms with E-state index in [1.54, 1.807) is 20.2 Å². The second-order valence-electron chi connectivity index (χ2n) is 6.20. The van der Waals surface area contributed by atoms with Crippen molar-refractivity contribution in [2.45, 2.75) is 6.92 Å². The number of aryl methyl sites for hydroxylation is 2. The summed E-state index contributed by atoms with van der Waals surface area (Å²) in [5, 5.41) is 0.865. The number of carbonyl (C=O) groups excluding carboxylic acids is 1. The quantitative estimate of drug-likeness (QED) is 0.564. The van der Waals surface area contributed by atoms with E-state index in [1.807, 2.05) is 36.4 Å². The zero-order chi connectivity index (χ0) is 19.1. The topological polar surface area (TPSA) is 90.1 Å². The maximum Gasteiger partial charge on any atom is 0.358 e. The second-order valence-corrected chi connectivity index (χ2v) is 6.20. The number of H-pyrrole nitrogens is 1. The maximum absolute atomic E-state index is 12.2. The molecule has 7 heteroatoms. The summed E-state index contributed by atoms with van der Waals surface area (Å²) in [4.78, 5) is 31.4. The van der Waals surface area contributed by atoms with Crippen LogP contribution >= 0.6 is 0 Å². The summed E-state index contributed by atoms with van der Waals surface area (Å²) in [5.41, 5.74) is 3.81. The molecule has 1 N–H and O–H groups in total. The van der Waals surface area contributed by atoms with Crippen LogP contribution in [-0.2, 0) is 11.8 Å². The number of esters is 1. The summed E-state index contributed by atoms with van der Waals surface area (Å²) in [6.45, 7) is 1.77. The van der Waals surface area contributed by atoms with Gasteiger partial charge in [-0.15, -0.1) is 0 Å². The van der Waals surface area contributed by atoms with Crippen LogP contribution in [0.1, 0.15) is 16.2 Å². The highest BCUT2D eigenvalue weighted by Crippen LogP contribution is 2.28. The number of aromatic amines is 1. The van der Waals surface area contributed by atoms with Gasteiger partial charge in [-0.1, -0.05) is 24.3 Å². The number of hydrogen-bond acceptors (Lipinski definition) is 5. The Hall–Kier alpha value is -3.61. The van der Waals surface area contributed by atoms with Crippen LogP contribution in [0.2, 0.25) is 0 Å². The summed E-state index contributed by atoms with van der Waals surface area (Å²) in [7, 11) is 2.91. The molecule has 3 heterocycles. The Morgan fingerprint density at radius 3 is 2.52 bits per heavy atom. The average molecular weight is 363 g/mol. The van der Waals surface area contributed by atoms with Crippen LogP contribution in [0.3, 0.4) is 0 Å². The van der Waals surface area contributed by atoms with Crippen LogP contribution < -0.4 is 5.56 Å². The van der Waals surface area contributed by atoms with Crippen molar-refractivity contribution in [2.75, 3.05) is 7.11 Å². The first kappa shape index (κ1) is 16.8. The SMILES string of the molecule is COC(=O)c1nccc2cc(-c3ccc(-c4c(C)on(C)c4=O)cc3)[nH]c12. The molecule has 4 aromatic rings. The van der Waals surface area contributed by atoms with E-state index in [9.17, 15) is 9.59 Å². The van der Waals surface area contributed by atoms with Gasteiger partial charge in [0, 0.05) is 24.3 Å². The molecule has 3 aromatic heterocycles. The normalized spacial score (nSPS) is 11.1. The second kappa shape index (κ2) is 6.28. The maximum atomic E-state index is 12.2. The van der Waals surface area contributed by atoms with E-state index < -0.39 is 5.97 Å². The van der Waals surface area contributed by atoms with Gasteiger partial charge in [-0.2, -0.15) is 4.74 Å². The zero-order valence-electron chi connectivity index (χ0n) is 15.1. The Labute approximate surface area is 154 Å². The Balaban J connectivity index is 1.76. The third-order valence-electron chi connectivity index (χ3n) is 4.53. The molecular weight excluding hydrogens is 346 g/mol. The van der Waals surface area contributed by atoms with Crippen LogP contribution in [0.4, 0.5) is 0 Å². The van der Waals surface area contributed by atoms with Crippen molar-refractivity contribution >= 4 is 16.9 Å². The molecule has 0 aliphatic carbocycles. The lowest BCUT2D eigenvalue weighted by Gasteiger charge is -2.01. The van der Waals surface area contributed by atoms with E-state index in [1.165, 1.54) is 11.8 Å². The molecule has 0 fully saturated rings. The van der Waals surface area contributed by atoms with Gasteiger partial charge in [0.2, 0.25) is 0 Å². The lowest BCUT2D eigenvalue weighted by Crippen LogP contribution is -2.11. The van der Waals surface area contributed by atoms with Gasteiger partial charge in [-0.25, -0.2) is 9.78 Å². The number of benzene rings is 1.